The molecule has 0 spiro atoms. The number of hydrogen-bond donors (Lipinski definition) is 3. The lowest BCUT2D eigenvalue weighted by molar-refractivity contribution is -0.141. The fourth-order valence-electron chi connectivity index (χ4n) is 7.92. The van der Waals surface area contributed by atoms with Crippen molar-refractivity contribution in [1.82, 2.24) is 20.2 Å². The number of pyridine rings is 2. The van der Waals surface area contributed by atoms with Crippen LogP contribution in [0.2, 0.25) is 5.02 Å². The standard InChI is InChI=1S/C40H42ClF3N4O6/c1-39(51)17-25(18-39)45-19-22-10-12-32(46-35(22)52-2)30-9-5-8-29(34(30)41)26-6-4-7-28-27(26)11-13-33(28)54-37-31(40(42,43)44)16-24(36(47-37)53-3)21-48-15-14-23(20-48)38(49)50/h4-10,12,16,23,25,33,45,51H,11,13-15,17-21H2,1-3H3,(H,49,50)/t23-,25?,33+,39?/m1/s1. The van der Waals surface area contributed by atoms with Gasteiger partial charge < -0.3 is 29.7 Å². The van der Waals surface area contributed by atoms with Crippen molar-refractivity contribution < 1.29 is 42.4 Å². The Morgan fingerprint density at radius 1 is 0.981 bits per heavy atom. The highest BCUT2D eigenvalue weighted by Gasteiger charge is 2.40. The van der Waals surface area contributed by atoms with Gasteiger partial charge in [-0.3, -0.25) is 9.69 Å². The van der Waals surface area contributed by atoms with Crippen molar-refractivity contribution in [3.63, 3.8) is 0 Å². The zero-order valence-electron chi connectivity index (χ0n) is 30.2. The number of carboxylic acids is 1. The van der Waals surface area contributed by atoms with Crippen molar-refractivity contribution in [3.8, 4) is 40.0 Å². The minimum absolute atomic E-state index is 0.00510. The molecule has 3 heterocycles. The quantitative estimate of drug-likeness (QED) is 0.134. The lowest BCUT2D eigenvalue weighted by atomic mass is 9.77. The zero-order valence-corrected chi connectivity index (χ0v) is 30.9. The summed E-state index contributed by atoms with van der Waals surface area (Å²) >= 11 is 7.11. The Kier molecular flexibility index (Phi) is 10.5. The molecule has 2 aliphatic carbocycles. The molecule has 0 amide bonds. The highest BCUT2D eigenvalue weighted by atomic mass is 35.5. The first kappa shape index (κ1) is 37.9. The van der Waals surface area contributed by atoms with E-state index < -0.39 is 41.2 Å². The lowest BCUT2D eigenvalue weighted by Crippen LogP contribution is -2.51. The van der Waals surface area contributed by atoms with Gasteiger partial charge >= 0.3 is 12.1 Å². The predicted molar refractivity (Wildman–Crippen MR) is 196 cm³/mol. The number of alkyl halides is 3. The number of ether oxygens (including phenoxy) is 3. The van der Waals surface area contributed by atoms with Gasteiger partial charge in [0.05, 0.1) is 36.5 Å². The maximum atomic E-state index is 14.5. The summed E-state index contributed by atoms with van der Waals surface area (Å²) in [6, 6.07) is 16.4. The summed E-state index contributed by atoms with van der Waals surface area (Å²) < 4.78 is 60.7. The summed E-state index contributed by atoms with van der Waals surface area (Å²) in [5.74, 6) is -1.61. The van der Waals surface area contributed by atoms with Crippen molar-refractivity contribution in [1.29, 1.82) is 0 Å². The molecule has 0 bridgehead atoms. The van der Waals surface area contributed by atoms with Gasteiger partial charge in [0.2, 0.25) is 17.6 Å². The van der Waals surface area contributed by atoms with E-state index in [4.69, 9.17) is 30.8 Å². The molecule has 286 valence electrons. The van der Waals surface area contributed by atoms with Crippen LogP contribution in [-0.2, 0) is 30.5 Å². The van der Waals surface area contributed by atoms with E-state index in [0.29, 0.717) is 67.4 Å². The molecule has 1 saturated heterocycles. The molecule has 7 rings (SSSR count). The van der Waals surface area contributed by atoms with Crippen LogP contribution < -0.4 is 19.5 Å². The van der Waals surface area contributed by atoms with Crippen LogP contribution in [0.5, 0.6) is 17.6 Å². The normalized spacial score (nSPS) is 22.5. The number of benzene rings is 2. The van der Waals surface area contributed by atoms with Crippen LogP contribution in [0.4, 0.5) is 13.2 Å². The second-order valence-corrected chi connectivity index (χ2v) is 15.0. The van der Waals surface area contributed by atoms with Crippen LogP contribution in [-0.4, -0.2) is 70.0 Å². The zero-order chi connectivity index (χ0) is 38.4. The van der Waals surface area contributed by atoms with Gasteiger partial charge in [0.1, 0.15) is 11.7 Å². The Morgan fingerprint density at radius 3 is 2.37 bits per heavy atom. The largest absolute Gasteiger partial charge is 0.481 e. The third-order valence-corrected chi connectivity index (χ3v) is 11.1. The summed E-state index contributed by atoms with van der Waals surface area (Å²) in [6.07, 6.45) is -2.73. The summed E-state index contributed by atoms with van der Waals surface area (Å²) in [7, 11) is 2.90. The van der Waals surface area contributed by atoms with Gasteiger partial charge in [-0.25, -0.2) is 4.98 Å². The lowest BCUT2D eigenvalue weighted by Gasteiger charge is -2.41. The number of aliphatic hydroxyl groups is 1. The third-order valence-electron chi connectivity index (χ3n) is 10.7. The molecule has 2 atom stereocenters. The fraction of sp³-hybridized carbons (Fsp3) is 0.425. The molecule has 2 aromatic heterocycles. The van der Waals surface area contributed by atoms with E-state index in [1.807, 2.05) is 55.5 Å². The monoisotopic (exact) mass is 766 g/mol. The highest BCUT2D eigenvalue weighted by molar-refractivity contribution is 6.36. The van der Waals surface area contributed by atoms with E-state index in [0.717, 1.165) is 33.9 Å². The minimum atomic E-state index is -4.76. The molecule has 0 radical (unpaired) electrons. The SMILES string of the molecule is COc1nc(-c2cccc(-c3cccc4c3CC[C@@H]4Oc3nc(OC)c(CN4CC[C@@H](C(=O)O)C4)cc3C(F)(F)F)c2Cl)ccc1CNC1CC(C)(O)C1. The first-order valence-corrected chi connectivity index (χ1v) is 18.3. The number of carboxylic acid groups (broad SMARTS) is 1. The molecule has 2 aromatic carbocycles. The van der Waals surface area contributed by atoms with Crippen molar-refractivity contribution in [2.24, 2.45) is 5.92 Å². The summed E-state index contributed by atoms with van der Waals surface area (Å²) in [4.78, 5) is 22.2. The number of nitrogens with zero attached hydrogens (tertiary/aromatic N) is 3. The molecule has 4 aromatic rings. The Bertz CT molecular complexity index is 2050. The highest BCUT2D eigenvalue weighted by Crippen LogP contribution is 2.46. The van der Waals surface area contributed by atoms with Crippen LogP contribution >= 0.6 is 11.6 Å². The summed E-state index contributed by atoms with van der Waals surface area (Å²) in [6.45, 7) is 3.10. The van der Waals surface area contributed by atoms with E-state index in [-0.39, 0.29) is 30.6 Å². The number of halogens is 4. The molecule has 1 saturated carbocycles. The van der Waals surface area contributed by atoms with Crippen molar-refractivity contribution >= 4 is 17.6 Å². The van der Waals surface area contributed by atoms with E-state index in [9.17, 15) is 28.2 Å². The van der Waals surface area contributed by atoms with Crippen LogP contribution in [0, 0.1) is 5.92 Å². The number of aromatic nitrogens is 2. The number of nitrogens with one attached hydrogen (secondary N) is 1. The molecule has 2 fully saturated rings. The van der Waals surface area contributed by atoms with Crippen molar-refractivity contribution in [3.05, 3.63) is 87.4 Å². The number of carbonyl (C=O) groups is 1. The van der Waals surface area contributed by atoms with E-state index in [1.165, 1.54) is 7.11 Å². The number of likely N-dealkylation sites (tertiary alicyclic amines) is 1. The molecule has 0 unspecified atom stereocenters. The number of aliphatic carboxylic acids is 1. The second-order valence-electron chi connectivity index (χ2n) is 14.6. The minimum Gasteiger partial charge on any atom is -0.481 e. The maximum absolute atomic E-state index is 14.5. The van der Waals surface area contributed by atoms with Gasteiger partial charge in [0.15, 0.2) is 0 Å². The molecule has 1 aliphatic heterocycles. The van der Waals surface area contributed by atoms with Gasteiger partial charge in [0, 0.05) is 47.9 Å². The fourth-order valence-corrected chi connectivity index (χ4v) is 8.24. The summed E-state index contributed by atoms with van der Waals surface area (Å²) in [5.41, 5.74) is 4.01. The molecule has 10 nitrogen and oxygen atoms in total. The van der Waals surface area contributed by atoms with Gasteiger partial charge in [-0.15, -0.1) is 0 Å². The van der Waals surface area contributed by atoms with Gasteiger partial charge in [-0.05, 0) is 74.4 Å². The second kappa shape index (κ2) is 15.0. The van der Waals surface area contributed by atoms with E-state index in [2.05, 4.69) is 10.3 Å². The average Bonchev–Trinajstić information content (AvgIpc) is 3.77. The van der Waals surface area contributed by atoms with Crippen LogP contribution in [0.15, 0.2) is 54.6 Å². The van der Waals surface area contributed by atoms with Gasteiger partial charge in [-0.1, -0.05) is 54.1 Å². The van der Waals surface area contributed by atoms with Crippen LogP contribution in [0.3, 0.4) is 0 Å². The molecule has 3 aliphatic rings. The first-order valence-electron chi connectivity index (χ1n) is 17.9. The maximum Gasteiger partial charge on any atom is 0.421 e. The number of fused-ring (bicyclic) bond motifs is 1. The van der Waals surface area contributed by atoms with Crippen molar-refractivity contribution in [2.45, 2.75) is 76.0 Å². The van der Waals surface area contributed by atoms with E-state index in [1.54, 1.807) is 12.0 Å². The molecule has 54 heavy (non-hydrogen) atoms. The predicted octanol–water partition coefficient (Wildman–Crippen LogP) is 7.48. The Labute approximate surface area is 316 Å². The third kappa shape index (κ3) is 7.72. The molecular formula is C40H42ClF3N4O6. The average molecular weight is 767 g/mol. The van der Waals surface area contributed by atoms with Crippen molar-refractivity contribution in [2.75, 3.05) is 27.3 Å². The molecule has 14 heteroatoms. The molecular weight excluding hydrogens is 725 g/mol. The van der Waals surface area contributed by atoms with Crippen LogP contribution in [0.1, 0.15) is 66.5 Å². The number of methoxy groups -OCH3 is 2. The van der Waals surface area contributed by atoms with Gasteiger partial charge in [-0.2, -0.15) is 18.2 Å². The topological polar surface area (TPSA) is 126 Å². The molecule has 3 N–H and O–H groups in total. The number of rotatable bonds is 12. The number of hydrogen-bond acceptors (Lipinski definition) is 9. The summed E-state index contributed by atoms with van der Waals surface area (Å²) in [5, 5.41) is 23.3. The first-order chi connectivity index (χ1) is 25.7. The van der Waals surface area contributed by atoms with Gasteiger partial charge in [0.25, 0.3) is 0 Å². The smallest absolute Gasteiger partial charge is 0.421 e. The van der Waals surface area contributed by atoms with E-state index >= 15 is 0 Å². The Morgan fingerprint density at radius 2 is 1.69 bits per heavy atom. The Balaban J connectivity index is 1.14. The Hall–Kier alpha value is -4.43. The van der Waals surface area contributed by atoms with Crippen LogP contribution in [0.25, 0.3) is 22.4 Å².